The Hall–Kier alpha value is -2.08. The van der Waals surface area contributed by atoms with E-state index in [0.29, 0.717) is 6.54 Å². The maximum atomic E-state index is 4.28. The zero-order chi connectivity index (χ0) is 13.8. The Balaban J connectivity index is 1.67. The highest BCUT2D eigenvalue weighted by molar-refractivity contribution is 7.05. The first-order valence-electron chi connectivity index (χ1n) is 6.52. The van der Waals surface area contributed by atoms with Gasteiger partial charge in [0.25, 0.3) is 0 Å². The van der Waals surface area contributed by atoms with Crippen molar-refractivity contribution in [3.05, 3.63) is 58.4 Å². The van der Waals surface area contributed by atoms with Crippen LogP contribution >= 0.6 is 11.5 Å². The number of benzene rings is 1. The summed E-state index contributed by atoms with van der Waals surface area (Å²) in [6.07, 6.45) is 1.79. The van der Waals surface area contributed by atoms with Gasteiger partial charge in [-0.2, -0.15) is 4.37 Å². The highest BCUT2D eigenvalue weighted by atomic mass is 32.1. The molecule has 0 spiro atoms. The van der Waals surface area contributed by atoms with Crippen molar-refractivity contribution in [3.8, 4) is 0 Å². The van der Waals surface area contributed by atoms with Crippen LogP contribution in [0.2, 0.25) is 0 Å². The molecule has 20 heavy (non-hydrogen) atoms. The SMILES string of the molecule is Cc1cc(Cn2nnnc2CCc2ccccc2)sn1. The molecule has 0 bridgehead atoms. The zero-order valence-electron chi connectivity index (χ0n) is 11.2. The van der Waals surface area contributed by atoms with E-state index in [-0.39, 0.29) is 0 Å². The van der Waals surface area contributed by atoms with Crippen LogP contribution in [0.4, 0.5) is 0 Å². The summed E-state index contributed by atoms with van der Waals surface area (Å²) in [6, 6.07) is 12.5. The molecule has 3 aromatic rings. The van der Waals surface area contributed by atoms with Crippen molar-refractivity contribution >= 4 is 11.5 Å². The average molecular weight is 285 g/mol. The Morgan fingerprint density at radius 3 is 2.75 bits per heavy atom. The van der Waals surface area contributed by atoms with Gasteiger partial charge in [0.2, 0.25) is 0 Å². The Labute approximate surface area is 121 Å². The summed E-state index contributed by atoms with van der Waals surface area (Å²) in [4.78, 5) is 1.18. The van der Waals surface area contributed by atoms with E-state index in [1.807, 2.05) is 17.7 Å². The molecule has 0 aliphatic rings. The minimum Gasteiger partial charge on any atom is -0.224 e. The monoisotopic (exact) mass is 285 g/mol. The van der Waals surface area contributed by atoms with Crippen LogP contribution in [-0.2, 0) is 19.4 Å². The number of hydrogen-bond acceptors (Lipinski definition) is 5. The normalized spacial score (nSPS) is 10.8. The molecule has 2 aromatic heterocycles. The van der Waals surface area contributed by atoms with Crippen LogP contribution < -0.4 is 0 Å². The van der Waals surface area contributed by atoms with Crippen LogP contribution in [0.15, 0.2) is 36.4 Å². The molecular formula is C14H15N5S. The van der Waals surface area contributed by atoms with E-state index in [1.54, 1.807) is 0 Å². The number of aryl methyl sites for hydroxylation is 3. The Kier molecular flexibility index (Phi) is 3.83. The number of nitrogens with zero attached hydrogens (tertiary/aromatic N) is 5. The molecule has 0 atom stereocenters. The maximum absolute atomic E-state index is 4.28. The van der Waals surface area contributed by atoms with Crippen LogP contribution in [0.5, 0.6) is 0 Å². The van der Waals surface area contributed by atoms with Crippen molar-refractivity contribution in [3.63, 3.8) is 0 Å². The van der Waals surface area contributed by atoms with E-state index in [0.717, 1.165) is 24.4 Å². The van der Waals surface area contributed by atoms with Gasteiger partial charge in [-0.05, 0) is 46.9 Å². The molecule has 0 radical (unpaired) electrons. The van der Waals surface area contributed by atoms with Crippen LogP contribution in [-0.4, -0.2) is 24.6 Å². The molecule has 102 valence electrons. The number of tetrazole rings is 1. The molecule has 0 unspecified atom stereocenters. The molecule has 3 rings (SSSR count). The van der Waals surface area contributed by atoms with E-state index in [4.69, 9.17) is 0 Å². The van der Waals surface area contributed by atoms with Gasteiger partial charge in [0.15, 0.2) is 5.82 Å². The number of aromatic nitrogens is 5. The van der Waals surface area contributed by atoms with Crippen molar-refractivity contribution < 1.29 is 0 Å². The third-order valence-corrected chi connectivity index (χ3v) is 3.93. The molecule has 0 aliphatic heterocycles. The summed E-state index contributed by atoms with van der Waals surface area (Å²) in [5.41, 5.74) is 2.35. The topological polar surface area (TPSA) is 56.5 Å². The first-order valence-corrected chi connectivity index (χ1v) is 7.30. The Bertz CT molecular complexity index is 674. The average Bonchev–Trinajstić information content (AvgIpc) is 3.07. The van der Waals surface area contributed by atoms with E-state index < -0.39 is 0 Å². The molecule has 0 saturated carbocycles. The first kappa shape index (κ1) is 12.9. The second kappa shape index (κ2) is 5.92. The summed E-state index contributed by atoms with van der Waals surface area (Å²) in [7, 11) is 0. The fourth-order valence-electron chi connectivity index (χ4n) is 2.06. The predicted octanol–water partition coefficient (Wildman–Crippen LogP) is 2.27. The summed E-state index contributed by atoms with van der Waals surface area (Å²) in [5, 5.41) is 12.0. The minimum absolute atomic E-state index is 0.697. The molecule has 0 aliphatic carbocycles. The van der Waals surface area contributed by atoms with Gasteiger partial charge in [-0.1, -0.05) is 30.3 Å². The molecular weight excluding hydrogens is 270 g/mol. The first-order chi connectivity index (χ1) is 9.81. The van der Waals surface area contributed by atoms with E-state index in [9.17, 15) is 0 Å². The van der Waals surface area contributed by atoms with Crippen molar-refractivity contribution in [2.75, 3.05) is 0 Å². The molecule has 0 amide bonds. The molecule has 6 heteroatoms. The highest BCUT2D eigenvalue weighted by Gasteiger charge is 2.08. The summed E-state index contributed by atoms with van der Waals surface area (Å²) in [5.74, 6) is 0.917. The third kappa shape index (κ3) is 3.08. The van der Waals surface area contributed by atoms with Gasteiger partial charge in [-0.3, -0.25) is 0 Å². The van der Waals surface area contributed by atoms with Gasteiger partial charge in [-0.15, -0.1) is 5.10 Å². The van der Waals surface area contributed by atoms with E-state index in [2.05, 4.69) is 50.2 Å². The fraction of sp³-hybridized carbons (Fsp3) is 0.286. The zero-order valence-corrected chi connectivity index (χ0v) is 12.0. The lowest BCUT2D eigenvalue weighted by Crippen LogP contribution is -2.07. The second-order valence-corrected chi connectivity index (χ2v) is 5.56. The van der Waals surface area contributed by atoms with Gasteiger partial charge in [-0.25, -0.2) is 4.68 Å². The highest BCUT2D eigenvalue weighted by Crippen LogP contribution is 2.12. The van der Waals surface area contributed by atoms with Crippen molar-refractivity contribution in [1.29, 1.82) is 0 Å². The summed E-state index contributed by atoms with van der Waals surface area (Å²) >= 11 is 1.50. The quantitative estimate of drug-likeness (QED) is 0.721. The smallest absolute Gasteiger partial charge is 0.152 e. The lowest BCUT2D eigenvalue weighted by molar-refractivity contribution is 0.620. The minimum atomic E-state index is 0.697. The fourth-order valence-corrected chi connectivity index (χ4v) is 2.78. The Morgan fingerprint density at radius 1 is 1.15 bits per heavy atom. The lowest BCUT2D eigenvalue weighted by Gasteiger charge is -2.03. The van der Waals surface area contributed by atoms with Crippen LogP contribution in [0.3, 0.4) is 0 Å². The second-order valence-electron chi connectivity index (χ2n) is 4.67. The van der Waals surface area contributed by atoms with Crippen molar-refractivity contribution in [2.24, 2.45) is 0 Å². The van der Waals surface area contributed by atoms with E-state index >= 15 is 0 Å². The largest absolute Gasteiger partial charge is 0.224 e. The lowest BCUT2D eigenvalue weighted by atomic mass is 10.1. The maximum Gasteiger partial charge on any atom is 0.152 e. The molecule has 0 fully saturated rings. The van der Waals surface area contributed by atoms with Gasteiger partial charge >= 0.3 is 0 Å². The summed E-state index contributed by atoms with van der Waals surface area (Å²) in [6.45, 7) is 2.69. The van der Waals surface area contributed by atoms with Crippen molar-refractivity contribution in [1.82, 2.24) is 24.6 Å². The molecule has 2 heterocycles. The van der Waals surface area contributed by atoms with Gasteiger partial charge in [0.05, 0.1) is 12.2 Å². The summed E-state index contributed by atoms with van der Waals surface area (Å²) < 4.78 is 6.14. The van der Waals surface area contributed by atoms with Gasteiger partial charge in [0.1, 0.15) is 0 Å². The molecule has 1 aromatic carbocycles. The third-order valence-electron chi connectivity index (χ3n) is 3.07. The Morgan fingerprint density at radius 2 is 2.00 bits per heavy atom. The van der Waals surface area contributed by atoms with Crippen LogP contribution in [0.1, 0.15) is 22.0 Å². The van der Waals surface area contributed by atoms with Crippen LogP contribution in [0, 0.1) is 6.92 Å². The van der Waals surface area contributed by atoms with Crippen molar-refractivity contribution in [2.45, 2.75) is 26.3 Å². The number of rotatable bonds is 5. The van der Waals surface area contributed by atoms with E-state index in [1.165, 1.54) is 22.0 Å². The van der Waals surface area contributed by atoms with Gasteiger partial charge < -0.3 is 0 Å². The predicted molar refractivity (Wildman–Crippen MR) is 77.6 cm³/mol. The molecule has 0 N–H and O–H groups in total. The number of hydrogen-bond donors (Lipinski definition) is 0. The van der Waals surface area contributed by atoms with Gasteiger partial charge in [0, 0.05) is 11.3 Å². The standard InChI is InChI=1S/C14H15N5S/c1-11-9-13(20-16-11)10-19-14(15-17-18-19)8-7-12-5-3-2-4-6-12/h2-6,9H,7-8,10H2,1H3. The van der Waals surface area contributed by atoms with Crippen LogP contribution in [0.25, 0.3) is 0 Å². The molecule has 0 saturated heterocycles. The molecule has 5 nitrogen and oxygen atoms in total.